The van der Waals surface area contributed by atoms with Gasteiger partial charge in [0.05, 0.1) is 7.11 Å². The second-order valence-electron chi connectivity index (χ2n) is 8.80. The van der Waals surface area contributed by atoms with Crippen LogP contribution in [0.1, 0.15) is 53.4 Å². The summed E-state index contributed by atoms with van der Waals surface area (Å²) >= 11 is 0. The first-order valence-corrected chi connectivity index (χ1v) is 10.4. The van der Waals surface area contributed by atoms with Crippen molar-refractivity contribution < 1.29 is 23.8 Å². The van der Waals surface area contributed by atoms with Crippen LogP contribution in [0.4, 0.5) is 0 Å². The minimum Gasteiger partial charge on any atom is -0.497 e. The van der Waals surface area contributed by atoms with E-state index < -0.39 is 11.6 Å². The predicted octanol–water partition coefficient (Wildman–Crippen LogP) is 4.98. The van der Waals surface area contributed by atoms with Crippen molar-refractivity contribution in [2.24, 2.45) is 17.8 Å². The van der Waals surface area contributed by atoms with Gasteiger partial charge in [-0.05, 0) is 61.3 Å². The third-order valence-electron chi connectivity index (χ3n) is 5.11. The zero-order valence-corrected chi connectivity index (χ0v) is 18.3. The number of methoxy groups -OCH3 is 1. The second kappa shape index (κ2) is 10.5. The molecule has 1 unspecified atom stereocenters. The van der Waals surface area contributed by atoms with Gasteiger partial charge in [-0.25, -0.2) is 4.79 Å². The lowest BCUT2D eigenvalue weighted by Gasteiger charge is -2.21. The number of cyclic esters (lactones) is 1. The van der Waals surface area contributed by atoms with Gasteiger partial charge in [0.15, 0.2) is 6.29 Å². The van der Waals surface area contributed by atoms with E-state index in [1.165, 1.54) is 0 Å². The first-order valence-electron chi connectivity index (χ1n) is 10.4. The van der Waals surface area contributed by atoms with Crippen LogP contribution in [0.2, 0.25) is 0 Å². The molecular formula is C24H34O5. The SMILES string of the molecule is COc1ccc(OCC2(C=O)C/C(=C\CC(CC(C)C)CC(C)C)C(=O)O2)cc1. The van der Waals surface area contributed by atoms with Crippen LogP contribution in [0.3, 0.4) is 0 Å². The third-order valence-corrected chi connectivity index (χ3v) is 5.11. The van der Waals surface area contributed by atoms with E-state index in [1.54, 1.807) is 31.4 Å². The predicted molar refractivity (Wildman–Crippen MR) is 113 cm³/mol. The van der Waals surface area contributed by atoms with Gasteiger partial charge in [0.25, 0.3) is 0 Å². The fraction of sp³-hybridized carbons (Fsp3) is 0.583. The summed E-state index contributed by atoms with van der Waals surface area (Å²) in [5.41, 5.74) is -0.679. The molecule has 160 valence electrons. The van der Waals surface area contributed by atoms with Crippen molar-refractivity contribution in [2.75, 3.05) is 13.7 Å². The van der Waals surface area contributed by atoms with Gasteiger partial charge in [0.2, 0.25) is 5.60 Å². The lowest BCUT2D eigenvalue weighted by molar-refractivity contribution is -0.153. The molecule has 1 aromatic carbocycles. The molecule has 0 saturated carbocycles. The van der Waals surface area contributed by atoms with Gasteiger partial charge in [-0.2, -0.15) is 0 Å². The number of esters is 1. The number of aldehydes is 1. The van der Waals surface area contributed by atoms with E-state index in [4.69, 9.17) is 14.2 Å². The molecule has 5 heteroatoms. The first-order chi connectivity index (χ1) is 13.8. The lowest BCUT2D eigenvalue weighted by Crippen LogP contribution is -2.37. The van der Waals surface area contributed by atoms with Gasteiger partial charge in [-0.15, -0.1) is 0 Å². The number of hydrogen-bond acceptors (Lipinski definition) is 5. The van der Waals surface area contributed by atoms with Crippen molar-refractivity contribution in [3.05, 3.63) is 35.9 Å². The number of carbonyl (C=O) groups is 2. The molecule has 1 heterocycles. The average molecular weight is 403 g/mol. The number of hydrogen-bond donors (Lipinski definition) is 0. The molecule has 0 bridgehead atoms. The monoisotopic (exact) mass is 402 g/mol. The summed E-state index contributed by atoms with van der Waals surface area (Å²) in [6.07, 6.45) is 5.98. The van der Waals surface area contributed by atoms with E-state index >= 15 is 0 Å². The Balaban J connectivity index is 2.02. The summed E-state index contributed by atoms with van der Waals surface area (Å²) < 4.78 is 16.3. The average Bonchev–Trinajstić information content (AvgIpc) is 3.00. The topological polar surface area (TPSA) is 61.8 Å². The maximum absolute atomic E-state index is 12.4. The minimum absolute atomic E-state index is 0.00662. The largest absolute Gasteiger partial charge is 0.497 e. The van der Waals surface area contributed by atoms with Crippen LogP contribution in [-0.2, 0) is 14.3 Å². The van der Waals surface area contributed by atoms with E-state index in [0.29, 0.717) is 35.4 Å². The normalized spacial score (nSPS) is 20.6. The Morgan fingerprint density at radius 1 is 1.07 bits per heavy atom. The Bertz CT molecular complexity index is 694. The highest BCUT2D eigenvalue weighted by molar-refractivity contribution is 5.94. The van der Waals surface area contributed by atoms with Crippen molar-refractivity contribution in [2.45, 2.75) is 59.0 Å². The van der Waals surface area contributed by atoms with E-state index in [1.807, 2.05) is 6.08 Å². The molecule has 0 radical (unpaired) electrons. The molecule has 0 aliphatic carbocycles. The van der Waals surface area contributed by atoms with Gasteiger partial charge < -0.3 is 14.2 Å². The molecule has 29 heavy (non-hydrogen) atoms. The highest BCUT2D eigenvalue weighted by Crippen LogP contribution is 2.32. The Morgan fingerprint density at radius 3 is 2.17 bits per heavy atom. The van der Waals surface area contributed by atoms with Crippen molar-refractivity contribution in [3.8, 4) is 11.5 Å². The third kappa shape index (κ3) is 6.91. The molecule has 2 rings (SSSR count). The minimum atomic E-state index is -1.26. The molecule has 1 aliphatic heterocycles. The van der Waals surface area contributed by atoms with Crippen LogP contribution in [0.5, 0.6) is 11.5 Å². The molecular weight excluding hydrogens is 368 g/mol. The first kappa shape index (κ1) is 23.0. The molecule has 1 atom stereocenters. The smallest absolute Gasteiger partial charge is 0.334 e. The number of allylic oxidation sites excluding steroid dienone is 1. The summed E-state index contributed by atoms with van der Waals surface area (Å²) in [6, 6.07) is 7.07. The van der Waals surface area contributed by atoms with Crippen LogP contribution < -0.4 is 9.47 Å². The Kier molecular flexibility index (Phi) is 8.30. The summed E-state index contributed by atoms with van der Waals surface area (Å²) in [7, 11) is 1.59. The van der Waals surface area contributed by atoms with Crippen LogP contribution in [0.25, 0.3) is 0 Å². The molecule has 1 aliphatic rings. The van der Waals surface area contributed by atoms with Gasteiger partial charge in [0, 0.05) is 12.0 Å². The summed E-state index contributed by atoms with van der Waals surface area (Å²) in [5.74, 6) is 2.64. The summed E-state index contributed by atoms with van der Waals surface area (Å²) in [4.78, 5) is 24.1. The van der Waals surface area contributed by atoms with E-state index in [2.05, 4.69) is 27.7 Å². The van der Waals surface area contributed by atoms with Gasteiger partial charge in [-0.3, -0.25) is 4.79 Å². The Labute approximate surface area is 174 Å². The maximum Gasteiger partial charge on any atom is 0.334 e. The second-order valence-corrected chi connectivity index (χ2v) is 8.80. The van der Waals surface area contributed by atoms with Crippen LogP contribution in [-0.4, -0.2) is 31.6 Å². The van der Waals surface area contributed by atoms with Gasteiger partial charge >= 0.3 is 5.97 Å². The van der Waals surface area contributed by atoms with Crippen molar-refractivity contribution in [1.29, 1.82) is 0 Å². The van der Waals surface area contributed by atoms with E-state index in [9.17, 15) is 9.59 Å². The number of benzene rings is 1. The maximum atomic E-state index is 12.4. The molecule has 0 spiro atoms. The quantitative estimate of drug-likeness (QED) is 0.297. The molecule has 5 nitrogen and oxygen atoms in total. The zero-order chi connectivity index (χ0) is 21.4. The lowest BCUT2D eigenvalue weighted by atomic mass is 9.86. The molecule has 1 aromatic rings. The highest BCUT2D eigenvalue weighted by atomic mass is 16.6. The molecule has 0 amide bonds. The van der Waals surface area contributed by atoms with Crippen LogP contribution >= 0.6 is 0 Å². The van der Waals surface area contributed by atoms with Crippen LogP contribution in [0, 0.1) is 17.8 Å². The van der Waals surface area contributed by atoms with Crippen molar-refractivity contribution in [3.63, 3.8) is 0 Å². The Morgan fingerprint density at radius 2 is 1.66 bits per heavy atom. The Hall–Kier alpha value is -2.30. The molecule has 1 saturated heterocycles. The number of carbonyl (C=O) groups excluding carboxylic acids is 2. The van der Waals surface area contributed by atoms with Gasteiger partial charge in [0.1, 0.15) is 18.1 Å². The standard InChI is InChI=1S/C24H34O5/c1-17(2)12-19(13-18(3)4)6-7-20-14-24(15-25,29-23(20)26)16-28-22-10-8-21(27-5)9-11-22/h7-11,15,17-19H,6,12-14,16H2,1-5H3/b20-7+. The molecule has 0 aromatic heterocycles. The summed E-state index contributed by atoms with van der Waals surface area (Å²) in [5, 5.41) is 0. The number of ether oxygens (including phenoxy) is 3. The molecule has 0 N–H and O–H groups in total. The highest BCUT2D eigenvalue weighted by Gasteiger charge is 2.44. The van der Waals surface area contributed by atoms with Gasteiger partial charge in [-0.1, -0.05) is 33.8 Å². The molecule has 1 fully saturated rings. The fourth-order valence-electron chi connectivity index (χ4n) is 3.82. The number of rotatable bonds is 11. The van der Waals surface area contributed by atoms with E-state index in [0.717, 1.165) is 25.0 Å². The summed E-state index contributed by atoms with van der Waals surface area (Å²) in [6.45, 7) is 8.88. The zero-order valence-electron chi connectivity index (χ0n) is 18.3. The van der Waals surface area contributed by atoms with E-state index in [-0.39, 0.29) is 13.0 Å². The van der Waals surface area contributed by atoms with Crippen LogP contribution in [0.15, 0.2) is 35.9 Å². The fourth-order valence-corrected chi connectivity index (χ4v) is 3.82. The van der Waals surface area contributed by atoms with Crippen molar-refractivity contribution in [1.82, 2.24) is 0 Å². The van der Waals surface area contributed by atoms with Crippen molar-refractivity contribution >= 4 is 12.3 Å².